The summed E-state index contributed by atoms with van der Waals surface area (Å²) in [7, 11) is 0. The number of halogens is 1. The quantitative estimate of drug-likeness (QED) is 0.694. The van der Waals surface area contributed by atoms with E-state index in [1.165, 1.54) is 0 Å². The number of nitrogens with zero attached hydrogens (tertiary/aromatic N) is 5. The molecule has 0 unspecified atom stereocenters. The first-order valence-electron chi connectivity index (χ1n) is 6.62. The van der Waals surface area contributed by atoms with Crippen molar-refractivity contribution in [2.45, 2.75) is 32.8 Å². The summed E-state index contributed by atoms with van der Waals surface area (Å²) < 4.78 is 4.10. The molecule has 3 aromatic rings. The van der Waals surface area contributed by atoms with Gasteiger partial charge in [-0.1, -0.05) is 6.07 Å². The van der Waals surface area contributed by atoms with E-state index in [4.69, 9.17) is 11.6 Å². The Labute approximate surface area is 122 Å². The second-order valence-corrected chi connectivity index (χ2v) is 4.95. The predicted molar refractivity (Wildman–Crippen MR) is 78.8 cm³/mol. The molecule has 0 atom stereocenters. The fraction of sp³-hybridized carbons (Fsp3) is 0.357. The van der Waals surface area contributed by atoms with Crippen LogP contribution in [-0.4, -0.2) is 24.3 Å². The molecule has 0 aliphatic heterocycles. The Hall–Kier alpha value is -1.88. The van der Waals surface area contributed by atoms with E-state index in [-0.39, 0.29) is 0 Å². The highest BCUT2D eigenvalue weighted by Crippen LogP contribution is 2.22. The zero-order valence-electron chi connectivity index (χ0n) is 11.5. The van der Waals surface area contributed by atoms with Crippen molar-refractivity contribution in [2.24, 2.45) is 0 Å². The Morgan fingerprint density at radius 2 is 2.20 bits per heavy atom. The standard InChI is InChI=1S/C14H16ClN5/c1-3-20-14-13(10(2)18-20)17-12(7-15)19(14)9-11-5-4-6-16-8-11/h4-6,8H,3,7,9H2,1-2H3. The van der Waals surface area contributed by atoms with E-state index in [1.807, 2.05) is 23.9 Å². The molecule has 3 heterocycles. The third-order valence-electron chi connectivity index (χ3n) is 3.36. The van der Waals surface area contributed by atoms with Crippen LogP contribution in [0.5, 0.6) is 0 Å². The van der Waals surface area contributed by atoms with Gasteiger partial charge in [0.25, 0.3) is 0 Å². The molecule has 104 valence electrons. The highest BCUT2D eigenvalue weighted by atomic mass is 35.5. The smallest absolute Gasteiger partial charge is 0.159 e. The molecule has 0 spiro atoms. The fourth-order valence-corrected chi connectivity index (χ4v) is 2.64. The van der Waals surface area contributed by atoms with Crippen LogP contribution in [0.15, 0.2) is 24.5 Å². The van der Waals surface area contributed by atoms with Gasteiger partial charge in [0.15, 0.2) is 5.65 Å². The first kappa shape index (κ1) is 13.1. The van der Waals surface area contributed by atoms with E-state index in [0.29, 0.717) is 12.4 Å². The van der Waals surface area contributed by atoms with Gasteiger partial charge in [-0.05, 0) is 25.5 Å². The van der Waals surface area contributed by atoms with E-state index in [9.17, 15) is 0 Å². The molecule has 5 nitrogen and oxygen atoms in total. The summed E-state index contributed by atoms with van der Waals surface area (Å²) in [6, 6.07) is 3.99. The minimum Gasteiger partial charge on any atom is -0.307 e. The minimum absolute atomic E-state index is 0.387. The number of alkyl halides is 1. The molecule has 20 heavy (non-hydrogen) atoms. The lowest BCUT2D eigenvalue weighted by Crippen LogP contribution is -2.09. The minimum atomic E-state index is 0.387. The zero-order valence-corrected chi connectivity index (χ0v) is 12.3. The maximum absolute atomic E-state index is 6.05. The topological polar surface area (TPSA) is 48.5 Å². The number of hydrogen-bond acceptors (Lipinski definition) is 3. The Morgan fingerprint density at radius 1 is 1.35 bits per heavy atom. The molecule has 0 fully saturated rings. The highest BCUT2D eigenvalue weighted by Gasteiger charge is 2.17. The van der Waals surface area contributed by atoms with Gasteiger partial charge in [-0.3, -0.25) is 4.98 Å². The van der Waals surface area contributed by atoms with Crippen molar-refractivity contribution >= 4 is 22.8 Å². The number of aromatic nitrogens is 5. The molecular weight excluding hydrogens is 274 g/mol. The second-order valence-electron chi connectivity index (χ2n) is 4.68. The molecule has 0 aliphatic carbocycles. The van der Waals surface area contributed by atoms with Gasteiger partial charge in [0.1, 0.15) is 11.3 Å². The Bertz CT molecular complexity index is 729. The van der Waals surface area contributed by atoms with Crippen molar-refractivity contribution in [3.63, 3.8) is 0 Å². The molecule has 0 radical (unpaired) electrons. The van der Waals surface area contributed by atoms with Crippen LogP contribution in [0.25, 0.3) is 11.2 Å². The van der Waals surface area contributed by atoms with E-state index in [1.54, 1.807) is 6.20 Å². The normalized spacial score (nSPS) is 11.3. The van der Waals surface area contributed by atoms with Gasteiger partial charge in [0.2, 0.25) is 0 Å². The van der Waals surface area contributed by atoms with Gasteiger partial charge in [0.05, 0.1) is 18.1 Å². The number of hydrogen-bond donors (Lipinski definition) is 0. The van der Waals surface area contributed by atoms with Crippen LogP contribution in [0, 0.1) is 6.92 Å². The molecule has 0 saturated carbocycles. The second kappa shape index (κ2) is 5.25. The van der Waals surface area contributed by atoms with Crippen LogP contribution < -0.4 is 0 Å². The van der Waals surface area contributed by atoms with Crippen molar-refractivity contribution in [3.05, 3.63) is 41.6 Å². The molecule has 0 amide bonds. The number of imidazole rings is 1. The van der Waals surface area contributed by atoms with Crippen LogP contribution in [0.1, 0.15) is 24.0 Å². The summed E-state index contributed by atoms with van der Waals surface area (Å²) in [5.41, 5.74) is 4.04. The van der Waals surface area contributed by atoms with Crippen molar-refractivity contribution in [2.75, 3.05) is 0 Å². The number of fused-ring (bicyclic) bond motifs is 1. The SMILES string of the molecule is CCn1nc(C)c2nc(CCl)n(Cc3cccnc3)c21. The van der Waals surface area contributed by atoms with Crippen molar-refractivity contribution in [1.29, 1.82) is 0 Å². The Kier molecular flexibility index (Phi) is 3.44. The average Bonchev–Trinajstić information content (AvgIpc) is 2.99. The van der Waals surface area contributed by atoms with Gasteiger partial charge < -0.3 is 4.57 Å². The number of pyridine rings is 1. The summed E-state index contributed by atoms with van der Waals surface area (Å²) in [5, 5.41) is 4.52. The molecule has 3 aromatic heterocycles. The first-order valence-corrected chi connectivity index (χ1v) is 7.15. The van der Waals surface area contributed by atoms with Gasteiger partial charge in [-0.15, -0.1) is 11.6 Å². The summed E-state index contributed by atoms with van der Waals surface area (Å²) in [6.07, 6.45) is 3.64. The maximum Gasteiger partial charge on any atom is 0.159 e. The van der Waals surface area contributed by atoms with E-state index >= 15 is 0 Å². The van der Waals surface area contributed by atoms with Crippen molar-refractivity contribution < 1.29 is 0 Å². The number of rotatable bonds is 4. The number of aryl methyl sites for hydroxylation is 2. The third-order valence-corrected chi connectivity index (χ3v) is 3.60. The van der Waals surface area contributed by atoms with Crippen molar-refractivity contribution in [1.82, 2.24) is 24.3 Å². The Balaban J connectivity index is 2.16. The van der Waals surface area contributed by atoms with Crippen LogP contribution in [0.2, 0.25) is 0 Å². The molecule has 0 aromatic carbocycles. The molecule has 6 heteroatoms. The monoisotopic (exact) mass is 289 g/mol. The van der Waals surface area contributed by atoms with Gasteiger partial charge in [-0.2, -0.15) is 5.10 Å². The molecule has 0 saturated heterocycles. The molecule has 0 N–H and O–H groups in total. The summed E-state index contributed by atoms with van der Waals surface area (Å²) in [5.74, 6) is 1.26. The van der Waals surface area contributed by atoms with E-state index < -0.39 is 0 Å². The third kappa shape index (κ3) is 2.08. The fourth-order valence-electron chi connectivity index (χ4n) is 2.43. The van der Waals surface area contributed by atoms with Gasteiger partial charge >= 0.3 is 0 Å². The van der Waals surface area contributed by atoms with Crippen LogP contribution >= 0.6 is 11.6 Å². The van der Waals surface area contributed by atoms with Crippen LogP contribution in [0.3, 0.4) is 0 Å². The van der Waals surface area contributed by atoms with E-state index in [0.717, 1.165) is 34.8 Å². The predicted octanol–water partition coefficient (Wildman–Crippen LogP) is 2.74. The van der Waals surface area contributed by atoms with Crippen LogP contribution in [-0.2, 0) is 19.0 Å². The first-order chi connectivity index (χ1) is 9.74. The van der Waals surface area contributed by atoms with E-state index in [2.05, 4.69) is 32.6 Å². The summed E-state index contributed by atoms with van der Waals surface area (Å²) in [4.78, 5) is 8.78. The van der Waals surface area contributed by atoms with Gasteiger partial charge in [0, 0.05) is 18.9 Å². The zero-order chi connectivity index (χ0) is 14.1. The lowest BCUT2D eigenvalue weighted by molar-refractivity contribution is 0.638. The maximum atomic E-state index is 6.05. The molecule has 0 bridgehead atoms. The van der Waals surface area contributed by atoms with Gasteiger partial charge in [-0.25, -0.2) is 9.67 Å². The average molecular weight is 290 g/mol. The lowest BCUT2D eigenvalue weighted by atomic mass is 10.3. The summed E-state index contributed by atoms with van der Waals surface area (Å²) >= 11 is 6.05. The Morgan fingerprint density at radius 3 is 2.85 bits per heavy atom. The molecule has 3 rings (SSSR count). The molecular formula is C14H16ClN5. The summed E-state index contributed by atoms with van der Waals surface area (Å²) in [6.45, 7) is 5.57. The van der Waals surface area contributed by atoms with Crippen molar-refractivity contribution in [3.8, 4) is 0 Å². The molecule has 0 aliphatic rings. The largest absolute Gasteiger partial charge is 0.307 e. The lowest BCUT2D eigenvalue weighted by Gasteiger charge is -2.09. The van der Waals surface area contributed by atoms with Crippen LogP contribution in [0.4, 0.5) is 0 Å². The highest BCUT2D eigenvalue weighted by molar-refractivity contribution is 6.16.